The first-order chi connectivity index (χ1) is 26.5. The molecule has 4 heterocycles. The van der Waals surface area contributed by atoms with E-state index >= 15 is 4.79 Å². The Morgan fingerprint density at radius 2 is 1.75 bits per heavy atom. The molecule has 5 aromatic rings. The molecular weight excluding hydrogens is 711 g/mol. The Morgan fingerprint density at radius 3 is 2.51 bits per heavy atom. The van der Waals surface area contributed by atoms with E-state index < -0.39 is 20.0 Å². The number of fused-ring (bicyclic) bond motifs is 3. The normalized spacial score (nSPS) is 22.6. The number of anilines is 3. The second-order valence-corrected chi connectivity index (χ2v) is 19.5. The molecule has 0 saturated carbocycles. The molecule has 1 saturated heterocycles. The maximum Gasteiger partial charge on any atom is 0.264 e. The number of aliphatic hydroxyl groups is 1. The lowest BCUT2D eigenvalue weighted by molar-refractivity contribution is -0.146. The van der Waals surface area contributed by atoms with Gasteiger partial charge in [-0.2, -0.15) is 0 Å². The molecule has 3 aliphatic heterocycles. The lowest BCUT2D eigenvalue weighted by Crippen LogP contribution is -2.46. The second-order valence-electron chi connectivity index (χ2n) is 15.5. The third-order valence-corrected chi connectivity index (χ3v) is 14.2. The number of ether oxygens (including phenoxy) is 2. The minimum absolute atomic E-state index is 0.0390. The van der Waals surface area contributed by atoms with Crippen molar-refractivity contribution in [2.24, 2.45) is 5.92 Å². The van der Waals surface area contributed by atoms with E-state index in [9.17, 15) is 14.7 Å². The highest BCUT2D eigenvalue weighted by molar-refractivity contribution is 6.71. The van der Waals surface area contributed by atoms with E-state index in [4.69, 9.17) is 9.47 Å². The number of hydrogen-bond donors (Lipinski definition) is 2. The molecule has 2 amide bonds. The highest BCUT2D eigenvalue weighted by Gasteiger charge is 2.66. The molecule has 5 atom stereocenters. The van der Waals surface area contributed by atoms with E-state index in [-0.39, 0.29) is 42.3 Å². The number of carbonyl (C=O) groups is 2. The van der Waals surface area contributed by atoms with Gasteiger partial charge in [-0.25, -0.2) is 0 Å². The number of methoxy groups -OCH3 is 1. The zero-order valence-corrected chi connectivity index (χ0v) is 32.6. The average Bonchev–Trinajstić information content (AvgIpc) is 3.84. The molecule has 1 fully saturated rings. The summed E-state index contributed by atoms with van der Waals surface area (Å²) in [4.78, 5) is 43.8. The largest absolute Gasteiger partial charge is 0.497 e. The van der Waals surface area contributed by atoms with Gasteiger partial charge in [0, 0.05) is 41.9 Å². The summed E-state index contributed by atoms with van der Waals surface area (Å²) in [6, 6.07) is 31.2. The predicted molar refractivity (Wildman–Crippen MR) is 212 cm³/mol. The molecule has 1 unspecified atom stereocenters. The van der Waals surface area contributed by atoms with Gasteiger partial charge in [0.1, 0.15) is 5.75 Å². The Labute approximate surface area is 322 Å². The number of hydrogen-bond acceptors (Lipinski definition) is 8. The first-order valence-corrected chi connectivity index (χ1v) is 22.0. The van der Waals surface area contributed by atoms with Crippen LogP contribution in [0, 0.1) is 5.92 Å². The Hall–Kier alpha value is -5.14. The van der Waals surface area contributed by atoms with Gasteiger partial charge in [-0.05, 0) is 79.0 Å². The van der Waals surface area contributed by atoms with Crippen molar-refractivity contribution < 1.29 is 29.0 Å². The molecule has 12 heteroatoms. The van der Waals surface area contributed by atoms with Gasteiger partial charge in [-0.15, -0.1) is 5.10 Å². The van der Waals surface area contributed by atoms with Gasteiger partial charge in [-0.1, -0.05) is 72.8 Å². The summed E-state index contributed by atoms with van der Waals surface area (Å²) in [5.41, 5.74) is 5.09. The monoisotopic (exact) mass is 757 g/mol. The number of amides is 2. The third kappa shape index (κ3) is 6.46. The highest BCUT2D eigenvalue weighted by atomic mass is 28.4. The summed E-state index contributed by atoms with van der Waals surface area (Å²) >= 11 is 0. The number of aliphatic hydroxyl groups excluding tert-OH is 1. The SMILES string of the molecule is COc1ccc2c(c1)[C@]1(O[C@@H](CCn3cc(C(CO)c4ccccc4)nn3)[C@H]([Si](C)(C)O)[C@H]1C)C(=O)N2Cc1cccc(N2C(=O)CCc3ccccc32)c1. The second kappa shape index (κ2) is 14.5. The van der Waals surface area contributed by atoms with Crippen molar-refractivity contribution in [3.05, 3.63) is 131 Å². The maximum atomic E-state index is 15.1. The topological polar surface area (TPSA) is 130 Å². The van der Waals surface area contributed by atoms with Gasteiger partial charge in [-0.3, -0.25) is 19.2 Å². The third-order valence-electron chi connectivity index (χ3n) is 11.7. The van der Waals surface area contributed by atoms with Crippen LogP contribution in [0.4, 0.5) is 17.1 Å². The van der Waals surface area contributed by atoms with Crippen molar-refractivity contribution in [2.75, 3.05) is 23.5 Å². The number of carbonyl (C=O) groups excluding carboxylic acids is 2. The van der Waals surface area contributed by atoms with Crippen LogP contribution in [0.2, 0.25) is 18.6 Å². The number of nitrogens with zero attached hydrogens (tertiary/aromatic N) is 5. The zero-order chi connectivity index (χ0) is 38.5. The van der Waals surface area contributed by atoms with E-state index in [2.05, 4.69) is 16.4 Å². The zero-order valence-electron chi connectivity index (χ0n) is 31.6. The summed E-state index contributed by atoms with van der Waals surface area (Å²) in [5.74, 6) is -0.194. The van der Waals surface area contributed by atoms with Crippen molar-refractivity contribution in [3.63, 3.8) is 0 Å². The average molecular weight is 758 g/mol. The molecule has 1 spiro atoms. The Balaban J connectivity index is 1.10. The van der Waals surface area contributed by atoms with Crippen LogP contribution in [0.15, 0.2) is 103 Å². The van der Waals surface area contributed by atoms with E-state index in [1.165, 1.54) is 0 Å². The van der Waals surface area contributed by atoms with Gasteiger partial charge in [0.25, 0.3) is 5.91 Å². The number of para-hydroxylation sites is 1. The summed E-state index contributed by atoms with van der Waals surface area (Å²) in [6.45, 7) is 6.47. The summed E-state index contributed by atoms with van der Waals surface area (Å²) < 4.78 is 14.5. The van der Waals surface area contributed by atoms with Crippen LogP contribution in [0.5, 0.6) is 5.75 Å². The fourth-order valence-electron chi connectivity index (χ4n) is 9.20. The molecule has 0 bridgehead atoms. The van der Waals surface area contributed by atoms with Gasteiger partial charge < -0.3 is 24.3 Å². The van der Waals surface area contributed by atoms with Gasteiger partial charge in [0.15, 0.2) is 13.9 Å². The Kier molecular flexibility index (Phi) is 9.70. The molecule has 284 valence electrons. The summed E-state index contributed by atoms with van der Waals surface area (Å²) in [6.07, 6.45) is 3.04. The van der Waals surface area contributed by atoms with Crippen LogP contribution in [0.1, 0.15) is 53.6 Å². The predicted octanol–water partition coefficient (Wildman–Crippen LogP) is 6.46. The minimum Gasteiger partial charge on any atom is -0.497 e. The molecule has 0 radical (unpaired) electrons. The smallest absolute Gasteiger partial charge is 0.264 e. The number of aryl methyl sites for hydroxylation is 2. The summed E-state index contributed by atoms with van der Waals surface area (Å²) in [5, 5.41) is 19.0. The quantitative estimate of drug-likeness (QED) is 0.147. The summed E-state index contributed by atoms with van der Waals surface area (Å²) in [7, 11) is -1.31. The maximum absolute atomic E-state index is 15.1. The Morgan fingerprint density at radius 1 is 0.964 bits per heavy atom. The van der Waals surface area contributed by atoms with Crippen LogP contribution in [0.25, 0.3) is 0 Å². The molecule has 4 aromatic carbocycles. The van der Waals surface area contributed by atoms with Gasteiger partial charge in [0.05, 0.1) is 49.4 Å². The van der Waals surface area contributed by atoms with E-state index in [1.807, 2.05) is 117 Å². The van der Waals surface area contributed by atoms with Crippen molar-refractivity contribution >= 4 is 37.2 Å². The van der Waals surface area contributed by atoms with Crippen LogP contribution in [-0.2, 0) is 39.4 Å². The highest BCUT2D eigenvalue weighted by Crippen LogP contribution is 2.60. The van der Waals surface area contributed by atoms with E-state index in [1.54, 1.807) is 21.6 Å². The molecule has 8 rings (SSSR count). The van der Waals surface area contributed by atoms with Crippen molar-refractivity contribution in [1.29, 1.82) is 0 Å². The lowest BCUT2D eigenvalue weighted by Gasteiger charge is -2.32. The Bertz CT molecular complexity index is 2220. The molecule has 55 heavy (non-hydrogen) atoms. The molecule has 0 aliphatic carbocycles. The molecule has 1 aromatic heterocycles. The fourth-order valence-corrected chi connectivity index (χ4v) is 11.8. The number of aromatic nitrogens is 3. The number of rotatable bonds is 11. The van der Waals surface area contributed by atoms with Crippen molar-refractivity contribution in [3.8, 4) is 5.75 Å². The van der Waals surface area contributed by atoms with Crippen molar-refractivity contribution in [2.45, 2.75) is 75.5 Å². The van der Waals surface area contributed by atoms with Gasteiger partial charge >= 0.3 is 0 Å². The van der Waals surface area contributed by atoms with Crippen molar-refractivity contribution in [1.82, 2.24) is 15.0 Å². The molecule has 11 nitrogen and oxygen atoms in total. The standard InChI is InChI=1S/C43H47N5O6Si/c1-28-41(55(3,4)52)39(21-22-46-26-36(44-45-46)34(27-49)30-12-6-5-7-13-30)54-43(28)35-24-33(53-2)18-19-38(35)47(42(43)51)25-29-11-10-15-32(23-29)48-37-16-9-8-14-31(37)17-20-40(48)50/h5-16,18-19,23-24,26,28,34,39,41,49,52H,17,20-22,25,27H2,1-4H3/t28-,34?,39+,41-,43+/m1/s1. The van der Waals surface area contributed by atoms with Crippen LogP contribution in [-0.4, -0.2) is 64.8 Å². The first kappa shape index (κ1) is 36.8. The van der Waals surface area contributed by atoms with Crippen LogP contribution < -0.4 is 14.5 Å². The lowest BCUT2D eigenvalue weighted by atomic mass is 9.82. The number of benzene rings is 4. The molecule has 2 N–H and O–H groups in total. The fraction of sp³-hybridized carbons (Fsp3) is 0.349. The molecule has 3 aliphatic rings. The minimum atomic E-state index is -2.92. The van der Waals surface area contributed by atoms with E-state index in [0.717, 1.165) is 39.3 Å². The van der Waals surface area contributed by atoms with E-state index in [0.29, 0.717) is 37.3 Å². The van der Waals surface area contributed by atoms with Crippen LogP contribution in [0.3, 0.4) is 0 Å². The molecular formula is C43H47N5O6Si. The van der Waals surface area contributed by atoms with Gasteiger partial charge in [0.2, 0.25) is 5.91 Å². The van der Waals surface area contributed by atoms with Crippen LogP contribution >= 0.6 is 0 Å². The first-order valence-electron chi connectivity index (χ1n) is 19.0.